The number of rotatable bonds is 4. The van der Waals surface area contributed by atoms with Crippen LogP contribution in [0.2, 0.25) is 10.0 Å². The molecule has 1 saturated heterocycles. The molecule has 1 aliphatic rings. The van der Waals surface area contributed by atoms with Crippen LogP contribution < -0.4 is 5.32 Å². The van der Waals surface area contributed by atoms with Gasteiger partial charge in [-0.25, -0.2) is 0 Å². The summed E-state index contributed by atoms with van der Waals surface area (Å²) in [6.45, 7) is 3.33. The third-order valence-corrected chi connectivity index (χ3v) is 4.15. The molecule has 1 heterocycles. The van der Waals surface area contributed by atoms with Crippen molar-refractivity contribution in [2.45, 2.75) is 12.5 Å². The number of hydrogen-bond acceptors (Lipinski definition) is 2. The predicted molar refractivity (Wildman–Crippen MR) is 74.2 cm³/mol. The van der Waals surface area contributed by atoms with Crippen LogP contribution in [-0.2, 0) is 0 Å². The second kappa shape index (κ2) is 6.71. The fourth-order valence-electron chi connectivity index (χ4n) is 2.41. The maximum Gasteiger partial charge on any atom is 0.0912 e. The topological polar surface area (TPSA) is 15.3 Å². The largest absolute Gasteiger partial charge is 0.314 e. The highest BCUT2D eigenvalue weighted by Gasteiger charge is 2.24. The maximum atomic E-state index is 12.8. The van der Waals surface area contributed by atoms with E-state index in [1.54, 1.807) is 6.07 Å². The lowest BCUT2D eigenvalue weighted by Crippen LogP contribution is -2.45. The van der Waals surface area contributed by atoms with E-state index in [4.69, 9.17) is 23.2 Å². The summed E-state index contributed by atoms with van der Waals surface area (Å²) in [6, 6.07) is 5.59. The Hall–Kier alpha value is -0.350. The van der Waals surface area contributed by atoms with Crippen LogP contribution in [0.15, 0.2) is 18.2 Å². The summed E-state index contributed by atoms with van der Waals surface area (Å²) < 4.78 is 12.8. The first-order valence-corrected chi connectivity index (χ1v) is 6.94. The van der Waals surface area contributed by atoms with Crippen LogP contribution in [0.5, 0.6) is 0 Å². The summed E-state index contributed by atoms with van der Waals surface area (Å²) >= 11 is 12.3. The van der Waals surface area contributed by atoms with E-state index >= 15 is 0 Å². The fourth-order valence-corrected chi connectivity index (χ4v) is 2.84. The average Bonchev–Trinajstić information content (AvgIpc) is 2.41. The van der Waals surface area contributed by atoms with Crippen molar-refractivity contribution >= 4 is 23.2 Å². The normalized spacial score (nSPS) is 18.8. The lowest BCUT2D eigenvalue weighted by molar-refractivity contribution is 0.157. The van der Waals surface area contributed by atoms with Gasteiger partial charge in [-0.15, -0.1) is 0 Å². The third kappa shape index (κ3) is 3.15. The molecule has 18 heavy (non-hydrogen) atoms. The minimum atomic E-state index is -0.350. The molecule has 2 rings (SSSR count). The van der Waals surface area contributed by atoms with Crippen LogP contribution >= 0.6 is 23.2 Å². The molecule has 0 unspecified atom stereocenters. The minimum absolute atomic E-state index is 0.0169. The Labute approximate surface area is 117 Å². The number of nitrogens with one attached hydrogen (secondary N) is 1. The number of piperazine rings is 1. The van der Waals surface area contributed by atoms with Crippen LogP contribution in [-0.4, -0.2) is 37.8 Å². The Morgan fingerprint density at radius 2 is 2.00 bits per heavy atom. The first kappa shape index (κ1) is 14.1. The molecule has 0 saturated carbocycles. The Bertz CT molecular complexity index is 395. The van der Waals surface area contributed by atoms with E-state index in [-0.39, 0.29) is 12.7 Å². The monoisotopic (exact) mass is 290 g/mol. The van der Waals surface area contributed by atoms with Crippen molar-refractivity contribution in [1.29, 1.82) is 0 Å². The van der Waals surface area contributed by atoms with Crippen molar-refractivity contribution in [1.82, 2.24) is 10.2 Å². The molecule has 0 amide bonds. The van der Waals surface area contributed by atoms with Gasteiger partial charge in [0.1, 0.15) is 0 Å². The van der Waals surface area contributed by atoms with E-state index in [0.29, 0.717) is 16.5 Å². The van der Waals surface area contributed by atoms with Gasteiger partial charge in [0.25, 0.3) is 0 Å². The van der Waals surface area contributed by atoms with Gasteiger partial charge < -0.3 is 5.32 Å². The highest BCUT2D eigenvalue weighted by molar-refractivity contribution is 6.42. The molecule has 1 N–H and O–H groups in total. The molecule has 1 aliphatic heterocycles. The molecule has 1 atom stereocenters. The van der Waals surface area contributed by atoms with Crippen molar-refractivity contribution in [3.63, 3.8) is 0 Å². The lowest BCUT2D eigenvalue weighted by atomic mass is 10.0. The number of nitrogens with zero attached hydrogens (tertiary/aromatic N) is 1. The van der Waals surface area contributed by atoms with Crippen molar-refractivity contribution in [2.75, 3.05) is 32.9 Å². The third-order valence-electron chi connectivity index (χ3n) is 3.32. The summed E-state index contributed by atoms with van der Waals surface area (Å²) in [5.41, 5.74) is 0.934. The summed E-state index contributed by atoms with van der Waals surface area (Å²) in [5, 5.41) is 4.38. The van der Waals surface area contributed by atoms with Crippen molar-refractivity contribution in [3.8, 4) is 0 Å². The standard InChI is InChI=1S/C13H17Cl2FN2/c14-11-3-1-2-10(13(11)15)12(4-5-16)18-8-6-17-7-9-18/h1-3,12,17H,4-9H2/t12-/m0/s1. The molecule has 1 fully saturated rings. The van der Waals surface area contributed by atoms with Crippen LogP contribution in [0.3, 0.4) is 0 Å². The molecule has 1 aromatic rings. The quantitative estimate of drug-likeness (QED) is 0.915. The molecule has 0 bridgehead atoms. The van der Waals surface area contributed by atoms with Crippen molar-refractivity contribution < 1.29 is 4.39 Å². The molecule has 0 aromatic heterocycles. The van der Waals surface area contributed by atoms with Gasteiger partial charge in [0.2, 0.25) is 0 Å². The molecule has 0 radical (unpaired) electrons. The Balaban J connectivity index is 2.25. The van der Waals surface area contributed by atoms with E-state index < -0.39 is 0 Å². The van der Waals surface area contributed by atoms with Gasteiger partial charge in [-0.1, -0.05) is 35.3 Å². The van der Waals surface area contributed by atoms with Gasteiger partial charge in [-0.3, -0.25) is 9.29 Å². The zero-order valence-electron chi connectivity index (χ0n) is 10.1. The Morgan fingerprint density at radius 1 is 1.28 bits per heavy atom. The zero-order valence-corrected chi connectivity index (χ0v) is 11.6. The summed E-state index contributed by atoms with van der Waals surface area (Å²) in [4.78, 5) is 2.27. The number of alkyl halides is 1. The molecular weight excluding hydrogens is 274 g/mol. The Kier molecular flexibility index (Phi) is 5.25. The van der Waals surface area contributed by atoms with E-state index in [1.165, 1.54) is 0 Å². The van der Waals surface area contributed by atoms with Gasteiger partial charge in [-0.2, -0.15) is 0 Å². The van der Waals surface area contributed by atoms with Gasteiger partial charge in [0.15, 0.2) is 0 Å². The number of benzene rings is 1. The highest BCUT2D eigenvalue weighted by Crippen LogP contribution is 2.34. The summed E-state index contributed by atoms with van der Waals surface area (Å²) in [6.07, 6.45) is 0.458. The van der Waals surface area contributed by atoms with Crippen LogP contribution in [0.1, 0.15) is 18.0 Å². The number of halogens is 3. The van der Waals surface area contributed by atoms with E-state index in [1.807, 2.05) is 12.1 Å². The zero-order chi connectivity index (χ0) is 13.0. The van der Waals surface area contributed by atoms with Crippen LogP contribution in [0.25, 0.3) is 0 Å². The Morgan fingerprint density at radius 3 is 2.67 bits per heavy atom. The second-order valence-electron chi connectivity index (χ2n) is 4.42. The number of hydrogen-bond donors (Lipinski definition) is 1. The van der Waals surface area contributed by atoms with Crippen molar-refractivity contribution in [3.05, 3.63) is 33.8 Å². The summed E-state index contributed by atoms with van der Waals surface area (Å²) in [5.74, 6) is 0. The van der Waals surface area contributed by atoms with E-state index in [0.717, 1.165) is 31.7 Å². The molecular formula is C13H17Cl2FN2. The average molecular weight is 291 g/mol. The fraction of sp³-hybridized carbons (Fsp3) is 0.538. The molecule has 5 heteroatoms. The van der Waals surface area contributed by atoms with Gasteiger partial charge >= 0.3 is 0 Å². The summed E-state index contributed by atoms with van der Waals surface area (Å²) in [7, 11) is 0. The van der Waals surface area contributed by atoms with Crippen molar-refractivity contribution in [2.24, 2.45) is 0 Å². The first-order chi connectivity index (χ1) is 8.74. The van der Waals surface area contributed by atoms with Gasteiger partial charge in [0.05, 0.1) is 16.7 Å². The van der Waals surface area contributed by atoms with E-state index in [2.05, 4.69) is 10.2 Å². The SMILES string of the molecule is FCC[C@@H](c1cccc(Cl)c1Cl)N1CCNCC1. The molecule has 100 valence electrons. The van der Waals surface area contributed by atoms with E-state index in [9.17, 15) is 4.39 Å². The minimum Gasteiger partial charge on any atom is -0.314 e. The molecule has 0 aliphatic carbocycles. The first-order valence-electron chi connectivity index (χ1n) is 6.18. The van der Waals surface area contributed by atoms with Crippen LogP contribution in [0, 0.1) is 0 Å². The van der Waals surface area contributed by atoms with Gasteiger partial charge in [-0.05, 0) is 18.1 Å². The predicted octanol–water partition coefficient (Wildman–Crippen LogP) is 3.30. The molecule has 0 spiro atoms. The molecule has 1 aromatic carbocycles. The second-order valence-corrected chi connectivity index (χ2v) is 5.21. The maximum absolute atomic E-state index is 12.8. The lowest BCUT2D eigenvalue weighted by Gasteiger charge is -2.35. The van der Waals surface area contributed by atoms with Gasteiger partial charge in [0, 0.05) is 32.2 Å². The van der Waals surface area contributed by atoms with Crippen LogP contribution in [0.4, 0.5) is 4.39 Å². The smallest absolute Gasteiger partial charge is 0.0912 e. The highest BCUT2D eigenvalue weighted by atomic mass is 35.5. The molecule has 2 nitrogen and oxygen atoms in total.